The number of ether oxygens (including phenoxy) is 2. The lowest BCUT2D eigenvalue weighted by molar-refractivity contribution is 0.173. The van der Waals surface area contributed by atoms with E-state index in [4.69, 9.17) is 9.47 Å². The molecule has 0 saturated carbocycles. The van der Waals surface area contributed by atoms with Crippen LogP contribution in [0, 0.1) is 5.82 Å². The second-order valence-electron chi connectivity index (χ2n) is 4.88. The molecule has 4 nitrogen and oxygen atoms in total. The van der Waals surface area contributed by atoms with Crippen LogP contribution in [0.15, 0.2) is 42.5 Å². The molecular formula is C17H20FNO3. The molecule has 2 rings (SSSR count). The lowest BCUT2D eigenvalue weighted by atomic mass is 10.1. The monoisotopic (exact) mass is 305 g/mol. The van der Waals surface area contributed by atoms with Crippen LogP contribution in [0.3, 0.4) is 0 Å². The minimum atomic E-state index is -0.740. The fourth-order valence-corrected chi connectivity index (χ4v) is 2.12. The summed E-state index contributed by atoms with van der Waals surface area (Å²) in [5.74, 6) is 0.970. The van der Waals surface area contributed by atoms with Gasteiger partial charge >= 0.3 is 0 Å². The predicted molar refractivity (Wildman–Crippen MR) is 82.6 cm³/mol. The summed E-state index contributed by atoms with van der Waals surface area (Å²) in [7, 11) is 3.11. The number of methoxy groups -OCH3 is 2. The van der Waals surface area contributed by atoms with Crippen molar-refractivity contribution in [1.82, 2.24) is 5.32 Å². The van der Waals surface area contributed by atoms with E-state index in [1.165, 1.54) is 6.07 Å². The maximum absolute atomic E-state index is 13.5. The number of hydrogen-bond acceptors (Lipinski definition) is 4. The Balaban J connectivity index is 1.97. The predicted octanol–water partition coefficient (Wildman–Crippen LogP) is 2.67. The third-order valence-electron chi connectivity index (χ3n) is 3.37. The SMILES string of the molecule is COc1cc(OC)cc(C(O)CNCc2ccccc2F)c1. The van der Waals surface area contributed by atoms with Gasteiger partial charge in [0.2, 0.25) is 0 Å². The normalized spacial score (nSPS) is 12.0. The lowest BCUT2D eigenvalue weighted by Crippen LogP contribution is -2.21. The Bertz CT molecular complexity index is 596. The summed E-state index contributed by atoms with van der Waals surface area (Å²) in [6.45, 7) is 0.648. The molecule has 0 aromatic heterocycles. The van der Waals surface area contributed by atoms with Gasteiger partial charge in [0.15, 0.2) is 0 Å². The highest BCUT2D eigenvalue weighted by atomic mass is 19.1. The van der Waals surface area contributed by atoms with Crippen LogP contribution in [0.5, 0.6) is 11.5 Å². The maximum atomic E-state index is 13.5. The zero-order valence-corrected chi connectivity index (χ0v) is 12.7. The molecule has 1 atom stereocenters. The number of aliphatic hydroxyl groups excluding tert-OH is 1. The summed E-state index contributed by atoms with van der Waals surface area (Å²) >= 11 is 0. The van der Waals surface area contributed by atoms with E-state index in [0.29, 0.717) is 35.7 Å². The van der Waals surface area contributed by atoms with Crippen molar-refractivity contribution in [2.75, 3.05) is 20.8 Å². The first kappa shape index (κ1) is 16.3. The van der Waals surface area contributed by atoms with Gasteiger partial charge < -0.3 is 19.9 Å². The first-order valence-corrected chi connectivity index (χ1v) is 6.99. The van der Waals surface area contributed by atoms with Gasteiger partial charge in [-0.05, 0) is 23.8 Å². The molecule has 2 aromatic rings. The van der Waals surface area contributed by atoms with Crippen LogP contribution in [0.4, 0.5) is 4.39 Å². The highest BCUT2D eigenvalue weighted by Gasteiger charge is 2.11. The van der Waals surface area contributed by atoms with Crippen LogP contribution in [-0.4, -0.2) is 25.9 Å². The van der Waals surface area contributed by atoms with E-state index < -0.39 is 6.10 Å². The second-order valence-corrected chi connectivity index (χ2v) is 4.88. The number of halogens is 1. The second kappa shape index (κ2) is 7.77. The van der Waals surface area contributed by atoms with Gasteiger partial charge in [0, 0.05) is 24.7 Å². The van der Waals surface area contributed by atoms with Crippen LogP contribution in [0.1, 0.15) is 17.2 Å². The van der Waals surface area contributed by atoms with Crippen molar-refractivity contribution < 1.29 is 19.0 Å². The van der Waals surface area contributed by atoms with E-state index in [0.717, 1.165) is 0 Å². The average Bonchev–Trinajstić information content (AvgIpc) is 2.55. The fraction of sp³-hybridized carbons (Fsp3) is 0.294. The van der Waals surface area contributed by atoms with Gasteiger partial charge in [-0.1, -0.05) is 18.2 Å². The third-order valence-corrected chi connectivity index (χ3v) is 3.37. The van der Waals surface area contributed by atoms with E-state index >= 15 is 0 Å². The first-order valence-electron chi connectivity index (χ1n) is 6.99. The van der Waals surface area contributed by atoms with E-state index in [9.17, 15) is 9.50 Å². The molecule has 0 bridgehead atoms. The van der Waals surface area contributed by atoms with Crippen LogP contribution in [0.25, 0.3) is 0 Å². The van der Waals surface area contributed by atoms with E-state index in [-0.39, 0.29) is 5.82 Å². The van der Waals surface area contributed by atoms with Crippen LogP contribution in [-0.2, 0) is 6.54 Å². The lowest BCUT2D eigenvalue weighted by Gasteiger charge is -2.15. The van der Waals surface area contributed by atoms with Crippen molar-refractivity contribution in [3.05, 3.63) is 59.4 Å². The summed E-state index contributed by atoms with van der Waals surface area (Å²) in [4.78, 5) is 0. The number of rotatable bonds is 7. The molecule has 0 fully saturated rings. The summed E-state index contributed by atoms with van der Waals surface area (Å²) < 4.78 is 23.9. The van der Waals surface area contributed by atoms with Gasteiger partial charge in [-0.15, -0.1) is 0 Å². The van der Waals surface area contributed by atoms with Crippen molar-refractivity contribution in [1.29, 1.82) is 0 Å². The Morgan fingerprint density at radius 2 is 1.73 bits per heavy atom. The molecule has 0 aliphatic heterocycles. The molecular weight excluding hydrogens is 285 g/mol. The van der Waals surface area contributed by atoms with Gasteiger partial charge in [0.25, 0.3) is 0 Å². The summed E-state index contributed by atoms with van der Waals surface area (Å²) in [5.41, 5.74) is 1.25. The minimum absolute atomic E-state index is 0.257. The van der Waals surface area contributed by atoms with Crippen molar-refractivity contribution in [3.8, 4) is 11.5 Å². The molecule has 2 aromatic carbocycles. The smallest absolute Gasteiger partial charge is 0.127 e. The standard InChI is InChI=1S/C17H20FNO3/c1-21-14-7-13(8-15(9-14)22-2)17(20)11-19-10-12-5-3-4-6-16(12)18/h3-9,17,19-20H,10-11H2,1-2H3. The zero-order valence-electron chi connectivity index (χ0n) is 12.7. The molecule has 0 saturated heterocycles. The fourth-order valence-electron chi connectivity index (χ4n) is 2.12. The highest BCUT2D eigenvalue weighted by molar-refractivity contribution is 5.39. The Kier molecular flexibility index (Phi) is 5.75. The van der Waals surface area contributed by atoms with Gasteiger partial charge in [-0.25, -0.2) is 4.39 Å². The van der Waals surface area contributed by atoms with Crippen molar-refractivity contribution in [2.24, 2.45) is 0 Å². The molecule has 118 valence electrons. The topological polar surface area (TPSA) is 50.7 Å². The Morgan fingerprint density at radius 3 is 2.32 bits per heavy atom. The Labute approximate surface area is 129 Å². The molecule has 0 heterocycles. The molecule has 2 N–H and O–H groups in total. The molecule has 0 aliphatic carbocycles. The minimum Gasteiger partial charge on any atom is -0.497 e. The van der Waals surface area contributed by atoms with Crippen LogP contribution >= 0.6 is 0 Å². The first-order chi connectivity index (χ1) is 10.6. The number of benzene rings is 2. The molecule has 1 unspecified atom stereocenters. The molecule has 0 spiro atoms. The van der Waals surface area contributed by atoms with Crippen molar-refractivity contribution in [2.45, 2.75) is 12.6 Å². The van der Waals surface area contributed by atoms with Gasteiger partial charge in [0.1, 0.15) is 17.3 Å². The Morgan fingerprint density at radius 1 is 1.09 bits per heavy atom. The molecule has 0 radical (unpaired) electrons. The Hall–Kier alpha value is -2.11. The number of hydrogen-bond donors (Lipinski definition) is 2. The van der Waals surface area contributed by atoms with Crippen LogP contribution < -0.4 is 14.8 Å². The van der Waals surface area contributed by atoms with Crippen molar-refractivity contribution in [3.63, 3.8) is 0 Å². The number of aliphatic hydroxyl groups is 1. The van der Waals surface area contributed by atoms with Gasteiger partial charge in [0.05, 0.1) is 20.3 Å². The maximum Gasteiger partial charge on any atom is 0.127 e. The van der Waals surface area contributed by atoms with E-state index in [1.54, 1.807) is 50.6 Å². The highest BCUT2D eigenvalue weighted by Crippen LogP contribution is 2.26. The summed E-state index contributed by atoms with van der Waals surface area (Å²) in [5, 5.41) is 13.3. The van der Waals surface area contributed by atoms with Crippen LogP contribution in [0.2, 0.25) is 0 Å². The van der Waals surface area contributed by atoms with E-state index in [2.05, 4.69) is 5.32 Å². The quantitative estimate of drug-likeness (QED) is 0.826. The van der Waals surface area contributed by atoms with Gasteiger partial charge in [-0.2, -0.15) is 0 Å². The van der Waals surface area contributed by atoms with E-state index in [1.807, 2.05) is 0 Å². The molecule has 22 heavy (non-hydrogen) atoms. The number of nitrogens with one attached hydrogen (secondary N) is 1. The zero-order chi connectivity index (χ0) is 15.9. The molecule has 0 amide bonds. The largest absolute Gasteiger partial charge is 0.497 e. The average molecular weight is 305 g/mol. The summed E-state index contributed by atoms with van der Waals surface area (Å²) in [6.07, 6.45) is -0.740. The molecule has 5 heteroatoms. The third kappa shape index (κ3) is 4.19. The van der Waals surface area contributed by atoms with Gasteiger partial charge in [-0.3, -0.25) is 0 Å². The summed E-state index contributed by atoms with van der Waals surface area (Å²) in [6, 6.07) is 11.8. The molecule has 0 aliphatic rings. The van der Waals surface area contributed by atoms with Crippen molar-refractivity contribution >= 4 is 0 Å².